The van der Waals surface area contributed by atoms with Gasteiger partial charge in [-0.25, -0.2) is 0 Å². The highest BCUT2D eigenvalue weighted by molar-refractivity contribution is 5.34. The minimum atomic E-state index is -1.32. The van der Waals surface area contributed by atoms with Gasteiger partial charge < -0.3 is 50.0 Å². The monoisotopic (exact) mass is 638 g/mol. The Morgan fingerprint density at radius 2 is 1.47 bits per heavy atom. The third-order valence-corrected chi connectivity index (χ3v) is 15.6. The van der Waals surface area contributed by atoms with E-state index in [4.69, 9.17) is 14.2 Å². The smallest absolute Gasteiger partial charge is 0.186 e. The molecule has 7 N–H and O–H groups in total. The normalized spacial score (nSPS) is 58.7. The van der Waals surface area contributed by atoms with Gasteiger partial charge >= 0.3 is 0 Å². The first-order valence-electron chi connectivity index (χ1n) is 17.5. The molecule has 0 bridgehead atoms. The van der Waals surface area contributed by atoms with Crippen molar-refractivity contribution in [2.75, 3.05) is 13.2 Å². The van der Waals surface area contributed by atoms with E-state index in [9.17, 15) is 35.7 Å². The molecule has 10 nitrogen and oxygen atoms in total. The molecule has 5 saturated carbocycles. The highest BCUT2D eigenvalue weighted by Crippen LogP contribution is 2.89. The third kappa shape index (κ3) is 4.04. The second-order valence-electron chi connectivity index (χ2n) is 18.0. The molecule has 2 aliphatic heterocycles. The van der Waals surface area contributed by atoms with Crippen molar-refractivity contribution in [1.82, 2.24) is 0 Å². The molecule has 7 rings (SSSR count). The topological polar surface area (TPSA) is 169 Å². The standard InChI is InChI=1S/C35H58O10/c1-29(2)19-7-8-20-32(6)27(41)25(40)26(31(5)11-9-22(45-31)30(3,4)42)35(32,17-36)14-13-34(20)16-33(19,34)12-10-21(29)44-28-24(39)23(38)18(37)15-43-28/h18-28,36-42H,7-17H2,1-6H3/t18-,19+,20+,21+,22+,23+,24-,25-,26-,27+,28+,31-,32-,33-,34+,35+/m1/s1. The molecule has 16 atom stereocenters. The summed E-state index contributed by atoms with van der Waals surface area (Å²) < 4.78 is 18.7. The van der Waals surface area contributed by atoms with Gasteiger partial charge in [-0.15, -0.1) is 0 Å². The largest absolute Gasteiger partial charge is 0.396 e. The van der Waals surface area contributed by atoms with E-state index in [1.807, 2.05) is 6.92 Å². The van der Waals surface area contributed by atoms with E-state index in [1.54, 1.807) is 13.8 Å². The van der Waals surface area contributed by atoms with Gasteiger partial charge in [-0.1, -0.05) is 20.8 Å². The molecule has 258 valence electrons. The van der Waals surface area contributed by atoms with Crippen molar-refractivity contribution >= 4 is 0 Å². The van der Waals surface area contributed by atoms with Crippen LogP contribution in [0, 0.1) is 44.8 Å². The predicted molar refractivity (Wildman–Crippen MR) is 163 cm³/mol. The van der Waals surface area contributed by atoms with E-state index in [1.165, 1.54) is 0 Å². The summed E-state index contributed by atoms with van der Waals surface area (Å²) in [5.74, 6) is 0.0349. The Labute approximate surface area is 267 Å². The Kier molecular flexibility index (Phi) is 7.42. The molecule has 0 aromatic carbocycles. The van der Waals surface area contributed by atoms with E-state index in [-0.39, 0.29) is 47.6 Å². The maximum Gasteiger partial charge on any atom is 0.186 e. The van der Waals surface area contributed by atoms with Crippen LogP contribution in [-0.4, -0.2) is 109 Å². The zero-order valence-corrected chi connectivity index (χ0v) is 28.0. The lowest BCUT2D eigenvalue weighted by molar-refractivity contribution is -0.303. The molecular weight excluding hydrogens is 580 g/mol. The molecule has 2 saturated heterocycles. The number of rotatable bonds is 5. The highest BCUT2D eigenvalue weighted by Gasteiger charge is 2.85. The molecule has 0 amide bonds. The number of hydrogen-bond donors (Lipinski definition) is 7. The van der Waals surface area contributed by atoms with Crippen molar-refractivity contribution in [2.45, 2.75) is 160 Å². The maximum atomic E-state index is 12.1. The van der Waals surface area contributed by atoms with Crippen LogP contribution in [0.3, 0.4) is 0 Å². The van der Waals surface area contributed by atoms with Crippen molar-refractivity contribution in [2.24, 2.45) is 44.8 Å². The second kappa shape index (κ2) is 10.1. The van der Waals surface area contributed by atoms with Gasteiger partial charge in [0.15, 0.2) is 6.29 Å². The molecule has 7 aliphatic rings. The van der Waals surface area contributed by atoms with Crippen molar-refractivity contribution < 1.29 is 50.0 Å². The highest BCUT2D eigenvalue weighted by atomic mass is 16.7. The summed E-state index contributed by atoms with van der Waals surface area (Å²) in [4.78, 5) is 0. The van der Waals surface area contributed by atoms with Gasteiger partial charge in [0.1, 0.15) is 18.3 Å². The number of fused-ring (bicyclic) bond motifs is 2. The SMILES string of the molecule is CC(C)(O)[C@@H]1CC[C@](C)([C@H]2[C@@H](O)[C@H](O)[C@@]3(C)[C@@H]4CC[C@H]5C(C)(C)[C@@H](O[C@@H]6OC[C@@H](O)[C@H](O)[C@H]6O)CC[C@@]56C[C@@]46CC[C@]23CO)O1. The summed E-state index contributed by atoms with van der Waals surface area (Å²) in [6.07, 6.45) is 0.222. The molecule has 0 aromatic heterocycles. The molecule has 0 aromatic rings. The van der Waals surface area contributed by atoms with Crippen LogP contribution in [0.5, 0.6) is 0 Å². The molecule has 2 heterocycles. The molecular formula is C35H58O10. The van der Waals surface area contributed by atoms with Crippen molar-refractivity contribution in [1.29, 1.82) is 0 Å². The summed E-state index contributed by atoms with van der Waals surface area (Å²) in [5.41, 5.74) is -3.37. The van der Waals surface area contributed by atoms with Gasteiger partial charge in [-0.2, -0.15) is 0 Å². The van der Waals surface area contributed by atoms with Crippen LogP contribution >= 0.6 is 0 Å². The predicted octanol–water partition coefficient (Wildman–Crippen LogP) is 1.87. The Morgan fingerprint density at radius 3 is 2.11 bits per heavy atom. The Morgan fingerprint density at radius 1 is 0.800 bits per heavy atom. The fourth-order valence-electron chi connectivity index (χ4n) is 13.4. The lowest BCUT2D eigenvalue weighted by Crippen LogP contribution is -2.63. The third-order valence-electron chi connectivity index (χ3n) is 15.6. The van der Waals surface area contributed by atoms with Crippen LogP contribution < -0.4 is 0 Å². The minimum Gasteiger partial charge on any atom is -0.396 e. The van der Waals surface area contributed by atoms with Crippen molar-refractivity contribution in [3.05, 3.63) is 0 Å². The zero-order chi connectivity index (χ0) is 32.8. The van der Waals surface area contributed by atoms with Gasteiger partial charge in [0.05, 0.1) is 42.2 Å². The van der Waals surface area contributed by atoms with Gasteiger partial charge in [-0.05, 0) is 107 Å². The number of aliphatic hydroxyl groups excluding tert-OH is 6. The molecule has 0 radical (unpaired) electrons. The number of ether oxygens (including phenoxy) is 3. The van der Waals surface area contributed by atoms with Crippen LogP contribution in [0.1, 0.15) is 99.3 Å². The van der Waals surface area contributed by atoms with Gasteiger partial charge in [0.25, 0.3) is 0 Å². The minimum absolute atomic E-state index is 0.00931. The van der Waals surface area contributed by atoms with Crippen molar-refractivity contribution in [3.63, 3.8) is 0 Å². The first kappa shape index (κ1) is 33.1. The fraction of sp³-hybridized carbons (Fsp3) is 1.00. The molecule has 0 unspecified atom stereocenters. The van der Waals surface area contributed by atoms with Crippen LogP contribution in [-0.2, 0) is 14.2 Å². The molecule has 2 spiro atoms. The van der Waals surface area contributed by atoms with E-state index in [0.717, 1.165) is 38.5 Å². The molecule has 7 fully saturated rings. The summed E-state index contributed by atoms with van der Waals surface area (Å²) in [5, 5.41) is 76.9. The van der Waals surface area contributed by atoms with E-state index in [2.05, 4.69) is 20.8 Å². The average molecular weight is 639 g/mol. The molecule has 45 heavy (non-hydrogen) atoms. The number of aliphatic hydroxyl groups is 7. The van der Waals surface area contributed by atoms with E-state index >= 15 is 0 Å². The quantitative estimate of drug-likeness (QED) is 0.221. The zero-order valence-electron chi connectivity index (χ0n) is 28.0. The van der Waals surface area contributed by atoms with Crippen LogP contribution in [0.25, 0.3) is 0 Å². The lowest BCUT2D eigenvalue weighted by Gasteiger charge is -2.64. The fourth-order valence-corrected chi connectivity index (χ4v) is 13.4. The van der Waals surface area contributed by atoms with Gasteiger partial charge in [0, 0.05) is 23.4 Å². The summed E-state index contributed by atoms with van der Waals surface area (Å²) in [7, 11) is 0. The Hall–Kier alpha value is -0.400. The van der Waals surface area contributed by atoms with Crippen LogP contribution in [0.4, 0.5) is 0 Å². The summed E-state index contributed by atoms with van der Waals surface area (Å²) >= 11 is 0. The number of hydrogen-bond acceptors (Lipinski definition) is 10. The van der Waals surface area contributed by atoms with E-state index < -0.39 is 64.8 Å². The van der Waals surface area contributed by atoms with E-state index in [0.29, 0.717) is 25.2 Å². The molecule has 5 aliphatic carbocycles. The summed E-state index contributed by atoms with van der Waals surface area (Å²) in [6.45, 7) is 12.0. The Bertz CT molecular complexity index is 1170. The lowest BCUT2D eigenvalue weighted by atomic mass is 9.41. The maximum absolute atomic E-state index is 12.1. The van der Waals surface area contributed by atoms with Gasteiger partial charge in [0.2, 0.25) is 0 Å². The first-order valence-corrected chi connectivity index (χ1v) is 17.5. The summed E-state index contributed by atoms with van der Waals surface area (Å²) in [6, 6.07) is 0. The first-order chi connectivity index (χ1) is 20.9. The van der Waals surface area contributed by atoms with Crippen molar-refractivity contribution in [3.8, 4) is 0 Å². The molecule has 10 heteroatoms. The van der Waals surface area contributed by atoms with Crippen LogP contribution in [0.15, 0.2) is 0 Å². The Balaban J connectivity index is 1.17. The average Bonchev–Trinajstić information content (AvgIpc) is 3.39. The van der Waals surface area contributed by atoms with Gasteiger partial charge in [-0.3, -0.25) is 0 Å². The van der Waals surface area contributed by atoms with Crippen LogP contribution in [0.2, 0.25) is 0 Å². The second-order valence-corrected chi connectivity index (χ2v) is 18.0.